The summed E-state index contributed by atoms with van der Waals surface area (Å²) in [5.74, 6) is 0.769. The van der Waals surface area contributed by atoms with E-state index in [4.69, 9.17) is 4.74 Å². The van der Waals surface area contributed by atoms with E-state index in [1.54, 1.807) is 19.1 Å². The van der Waals surface area contributed by atoms with Crippen molar-refractivity contribution >= 4 is 11.6 Å². The molecule has 1 aliphatic rings. The molecule has 0 saturated heterocycles. The smallest absolute Gasteiger partial charge is 0.235 e. The lowest BCUT2D eigenvalue weighted by atomic mass is 10.00. The molecule has 2 rings (SSSR count). The lowest BCUT2D eigenvalue weighted by Gasteiger charge is -2.11. The molecule has 1 amide bonds. The number of nitrogens with one attached hydrogen (secondary N) is 1. The number of nitrogens with zero attached hydrogens (tertiary/aromatic N) is 1. The highest BCUT2D eigenvalue weighted by Crippen LogP contribution is 2.41. The lowest BCUT2D eigenvalue weighted by Crippen LogP contribution is -2.29. The number of anilines is 1. The number of hydrogen-bond donors (Lipinski definition) is 1. The quantitative estimate of drug-likeness (QED) is 0.825. The number of benzene rings is 1. The van der Waals surface area contributed by atoms with Crippen molar-refractivity contribution in [3.8, 4) is 5.75 Å². The van der Waals surface area contributed by atoms with Crippen LogP contribution in [0.1, 0.15) is 11.5 Å². The molecule has 0 saturated carbocycles. The summed E-state index contributed by atoms with van der Waals surface area (Å²) in [7, 11) is 5.28. The number of carbonyl (C=O) groups excluding carboxylic acids is 1. The van der Waals surface area contributed by atoms with Gasteiger partial charge < -0.3 is 15.0 Å². The Labute approximate surface area is 95.2 Å². The Morgan fingerprint density at radius 2 is 2.25 bits per heavy atom. The number of ether oxygens (including phenoxy) is 1. The Hall–Kier alpha value is -1.55. The molecule has 16 heavy (non-hydrogen) atoms. The second-order valence-electron chi connectivity index (χ2n) is 3.90. The zero-order chi connectivity index (χ0) is 11.7. The number of hydrogen-bond acceptors (Lipinski definition) is 3. The van der Waals surface area contributed by atoms with Gasteiger partial charge in [0.2, 0.25) is 5.91 Å². The molecule has 1 N–H and O–H groups in total. The van der Waals surface area contributed by atoms with Crippen molar-refractivity contribution in [3.05, 3.63) is 23.8 Å². The van der Waals surface area contributed by atoms with Gasteiger partial charge in [0, 0.05) is 19.2 Å². The fourth-order valence-electron chi connectivity index (χ4n) is 2.22. The summed E-state index contributed by atoms with van der Waals surface area (Å²) < 4.78 is 5.32. The fraction of sp³-hybridized carbons (Fsp3) is 0.417. The minimum atomic E-state index is -0.138. The molecule has 0 aliphatic carbocycles. The van der Waals surface area contributed by atoms with E-state index in [2.05, 4.69) is 5.32 Å². The highest BCUT2D eigenvalue weighted by molar-refractivity contribution is 6.05. The number of fused-ring (bicyclic) bond motifs is 1. The summed E-state index contributed by atoms with van der Waals surface area (Å²) >= 11 is 0. The monoisotopic (exact) mass is 220 g/mol. The van der Waals surface area contributed by atoms with Crippen LogP contribution < -0.4 is 15.0 Å². The molecule has 0 fully saturated rings. The summed E-state index contributed by atoms with van der Waals surface area (Å²) in [5.41, 5.74) is 1.94. The van der Waals surface area contributed by atoms with Crippen LogP contribution in [0.5, 0.6) is 5.75 Å². The molecule has 86 valence electrons. The van der Waals surface area contributed by atoms with Gasteiger partial charge >= 0.3 is 0 Å². The number of carbonyl (C=O) groups is 1. The number of methoxy groups -OCH3 is 1. The number of amides is 1. The average molecular weight is 220 g/mol. The molecule has 1 aliphatic heterocycles. The Balaban J connectivity index is 2.52. The van der Waals surface area contributed by atoms with Gasteiger partial charge in [-0.25, -0.2) is 0 Å². The maximum Gasteiger partial charge on any atom is 0.235 e. The Kier molecular flexibility index (Phi) is 2.83. The van der Waals surface area contributed by atoms with Crippen molar-refractivity contribution < 1.29 is 9.53 Å². The zero-order valence-corrected chi connectivity index (χ0v) is 9.78. The molecule has 0 bridgehead atoms. The molecule has 0 aromatic heterocycles. The summed E-state index contributed by atoms with van der Waals surface area (Å²) in [4.78, 5) is 13.7. The molecule has 4 nitrogen and oxygen atoms in total. The normalized spacial score (nSPS) is 18.8. The maximum atomic E-state index is 12.1. The second kappa shape index (κ2) is 4.14. The van der Waals surface area contributed by atoms with Crippen LogP contribution in [0.15, 0.2) is 18.2 Å². The molecule has 1 heterocycles. The van der Waals surface area contributed by atoms with Crippen LogP contribution in [0, 0.1) is 0 Å². The van der Waals surface area contributed by atoms with E-state index in [1.165, 1.54) is 0 Å². The molecule has 1 unspecified atom stereocenters. The van der Waals surface area contributed by atoms with Gasteiger partial charge in [-0.1, -0.05) is 6.07 Å². The van der Waals surface area contributed by atoms with Crippen LogP contribution in [0.2, 0.25) is 0 Å². The first kappa shape index (κ1) is 11.0. The maximum absolute atomic E-state index is 12.1. The standard InChI is InChI=1S/C12H16N2O2/c1-13-7-8-11-9(14(2)12(8)15)5-4-6-10(11)16-3/h4-6,8,13H,7H2,1-3H3. The van der Waals surface area contributed by atoms with Crippen molar-refractivity contribution in [2.75, 3.05) is 32.6 Å². The van der Waals surface area contributed by atoms with Crippen LogP contribution >= 0.6 is 0 Å². The number of rotatable bonds is 3. The van der Waals surface area contributed by atoms with E-state index < -0.39 is 0 Å². The highest BCUT2D eigenvalue weighted by Gasteiger charge is 2.36. The Morgan fingerprint density at radius 1 is 1.50 bits per heavy atom. The van der Waals surface area contributed by atoms with Gasteiger partial charge in [-0.15, -0.1) is 0 Å². The highest BCUT2D eigenvalue weighted by atomic mass is 16.5. The largest absolute Gasteiger partial charge is 0.496 e. The van der Waals surface area contributed by atoms with Gasteiger partial charge in [-0.3, -0.25) is 4.79 Å². The minimum absolute atomic E-state index is 0.119. The average Bonchev–Trinajstić information content (AvgIpc) is 2.55. The third kappa shape index (κ3) is 1.46. The van der Waals surface area contributed by atoms with Crippen molar-refractivity contribution in [3.63, 3.8) is 0 Å². The summed E-state index contributed by atoms with van der Waals surface area (Å²) in [6.07, 6.45) is 0. The molecule has 4 heteroatoms. The van der Waals surface area contributed by atoms with Gasteiger partial charge in [0.25, 0.3) is 0 Å². The van der Waals surface area contributed by atoms with E-state index >= 15 is 0 Å². The Bertz CT molecular complexity index is 417. The van der Waals surface area contributed by atoms with Crippen LogP contribution in [0.25, 0.3) is 0 Å². The fourth-order valence-corrected chi connectivity index (χ4v) is 2.22. The zero-order valence-electron chi connectivity index (χ0n) is 9.78. The second-order valence-corrected chi connectivity index (χ2v) is 3.90. The van der Waals surface area contributed by atoms with Crippen LogP contribution in [-0.4, -0.2) is 33.7 Å². The van der Waals surface area contributed by atoms with Crippen molar-refractivity contribution in [1.29, 1.82) is 0 Å². The van der Waals surface area contributed by atoms with E-state index in [9.17, 15) is 4.79 Å². The van der Waals surface area contributed by atoms with E-state index in [0.29, 0.717) is 6.54 Å². The van der Waals surface area contributed by atoms with E-state index in [0.717, 1.165) is 17.0 Å². The Morgan fingerprint density at radius 3 is 2.88 bits per heavy atom. The summed E-state index contributed by atoms with van der Waals surface area (Å²) in [6.45, 7) is 0.635. The predicted octanol–water partition coefficient (Wildman–Crippen LogP) is 0.975. The first-order valence-corrected chi connectivity index (χ1v) is 5.29. The third-order valence-electron chi connectivity index (χ3n) is 3.01. The molecule has 1 aromatic carbocycles. The van der Waals surface area contributed by atoms with Crippen LogP contribution in [0.4, 0.5) is 5.69 Å². The van der Waals surface area contributed by atoms with Gasteiger partial charge in [0.05, 0.1) is 18.7 Å². The molecule has 0 radical (unpaired) electrons. The van der Waals surface area contributed by atoms with Crippen molar-refractivity contribution in [1.82, 2.24) is 5.32 Å². The van der Waals surface area contributed by atoms with Gasteiger partial charge in [-0.2, -0.15) is 0 Å². The van der Waals surface area contributed by atoms with E-state index in [-0.39, 0.29) is 11.8 Å². The predicted molar refractivity (Wildman–Crippen MR) is 63.1 cm³/mol. The first-order valence-electron chi connectivity index (χ1n) is 5.29. The molecular formula is C12H16N2O2. The SMILES string of the molecule is CNCC1C(=O)N(C)c2cccc(OC)c21. The van der Waals surface area contributed by atoms with Gasteiger partial charge in [-0.05, 0) is 19.2 Å². The van der Waals surface area contributed by atoms with Gasteiger partial charge in [0.15, 0.2) is 0 Å². The lowest BCUT2D eigenvalue weighted by molar-refractivity contribution is -0.118. The minimum Gasteiger partial charge on any atom is -0.496 e. The van der Waals surface area contributed by atoms with E-state index in [1.807, 2.05) is 25.2 Å². The van der Waals surface area contributed by atoms with Crippen LogP contribution in [0.3, 0.4) is 0 Å². The molecule has 1 atom stereocenters. The first-order chi connectivity index (χ1) is 7.70. The van der Waals surface area contributed by atoms with Gasteiger partial charge in [0.1, 0.15) is 5.75 Å². The molecule has 0 spiro atoms. The summed E-state index contributed by atoms with van der Waals surface area (Å²) in [6, 6.07) is 5.75. The topological polar surface area (TPSA) is 41.6 Å². The van der Waals surface area contributed by atoms with Crippen molar-refractivity contribution in [2.24, 2.45) is 0 Å². The molecule has 1 aromatic rings. The third-order valence-corrected chi connectivity index (χ3v) is 3.01. The number of likely N-dealkylation sites (N-methyl/N-ethyl adjacent to an activating group) is 2. The molecular weight excluding hydrogens is 204 g/mol. The summed E-state index contributed by atoms with van der Waals surface area (Å²) in [5, 5.41) is 3.05. The van der Waals surface area contributed by atoms with Crippen molar-refractivity contribution in [2.45, 2.75) is 5.92 Å². The van der Waals surface area contributed by atoms with Crippen LogP contribution in [-0.2, 0) is 4.79 Å².